The minimum absolute atomic E-state index is 0.225. The first kappa shape index (κ1) is 13.9. The van der Waals surface area contributed by atoms with Gasteiger partial charge in [0, 0.05) is 18.3 Å². The molecule has 0 saturated heterocycles. The molecule has 4 nitrogen and oxygen atoms in total. The lowest BCUT2D eigenvalue weighted by Crippen LogP contribution is -2.20. The summed E-state index contributed by atoms with van der Waals surface area (Å²) in [5.41, 5.74) is 3.28. The summed E-state index contributed by atoms with van der Waals surface area (Å²) in [6, 6.07) is 12.4. The van der Waals surface area contributed by atoms with Crippen LogP contribution in [0.1, 0.15) is 29.9 Å². The van der Waals surface area contributed by atoms with E-state index in [4.69, 9.17) is 9.47 Å². The predicted octanol–water partition coefficient (Wildman–Crippen LogP) is 3.01. The first-order valence-electron chi connectivity index (χ1n) is 7.28. The van der Waals surface area contributed by atoms with Crippen LogP contribution in [0.4, 0.5) is 0 Å². The van der Waals surface area contributed by atoms with Crippen molar-refractivity contribution in [3.63, 3.8) is 0 Å². The highest BCUT2D eigenvalue weighted by Gasteiger charge is 2.14. The van der Waals surface area contributed by atoms with Crippen LogP contribution in [0.3, 0.4) is 0 Å². The zero-order valence-electron chi connectivity index (χ0n) is 12.4. The molecule has 2 heterocycles. The molecule has 1 unspecified atom stereocenters. The molecule has 4 heteroatoms. The van der Waals surface area contributed by atoms with Crippen LogP contribution < -0.4 is 14.8 Å². The lowest BCUT2D eigenvalue weighted by molar-refractivity contribution is 0.171. The van der Waals surface area contributed by atoms with Crippen molar-refractivity contribution in [3.05, 3.63) is 53.3 Å². The van der Waals surface area contributed by atoms with Crippen LogP contribution in [-0.4, -0.2) is 18.2 Å². The molecule has 0 aliphatic carbocycles. The van der Waals surface area contributed by atoms with E-state index in [9.17, 15) is 0 Å². The Hall–Kier alpha value is -2.07. The standard InChI is InChI=1S/C17H20N2O2/c1-12-4-3-5-15(19-12)11-18-13(2)14-6-7-16-17(10-14)21-9-8-20-16/h3-7,10,13,18H,8-9,11H2,1-2H3. The smallest absolute Gasteiger partial charge is 0.161 e. The molecule has 1 N–H and O–H groups in total. The van der Waals surface area contributed by atoms with Crippen LogP contribution in [0.15, 0.2) is 36.4 Å². The van der Waals surface area contributed by atoms with E-state index in [1.165, 1.54) is 5.56 Å². The van der Waals surface area contributed by atoms with E-state index in [1.54, 1.807) is 0 Å². The van der Waals surface area contributed by atoms with Gasteiger partial charge in [-0.15, -0.1) is 0 Å². The highest BCUT2D eigenvalue weighted by molar-refractivity contribution is 5.44. The van der Waals surface area contributed by atoms with Gasteiger partial charge in [-0.25, -0.2) is 0 Å². The van der Waals surface area contributed by atoms with E-state index in [0.29, 0.717) is 13.2 Å². The molecule has 1 atom stereocenters. The van der Waals surface area contributed by atoms with E-state index < -0.39 is 0 Å². The van der Waals surface area contributed by atoms with E-state index in [2.05, 4.69) is 29.4 Å². The number of pyridine rings is 1. The Morgan fingerprint density at radius 2 is 1.95 bits per heavy atom. The highest BCUT2D eigenvalue weighted by atomic mass is 16.6. The average molecular weight is 284 g/mol. The van der Waals surface area contributed by atoms with E-state index in [0.717, 1.165) is 29.4 Å². The third-order valence-electron chi connectivity index (χ3n) is 3.60. The molecule has 0 saturated carbocycles. The molecule has 21 heavy (non-hydrogen) atoms. The summed E-state index contributed by atoms with van der Waals surface area (Å²) in [5.74, 6) is 1.67. The third kappa shape index (κ3) is 3.34. The molecular formula is C17H20N2O2. The second kappa shape index (κ2) is 6.14. The predicted molar refractivity (Wildman–Crippen MR) is 81.7 cm³/mol. The number of nitrogens with zero attached hydrogens (tertiary/aromatic N) is 1. The SMILES string of the molecule is Cc1cccc(CNC(C)c2ccc3c(c2)OCCO3)n1. The van der Waals surface area contributed by atoms with Gasteiger partial charge in [0.05, 0.1) is 5.69 Å². The topological polar surface area (TPSA) is 43.4 Å². The number of aryl methyl sites for hydroxylation is 1. The molecule has 0 spiro atoms. The fourth-order valence-corrected chi connectivity index (χ4v) is 2.40. The van der Waals surface area contributed by atoms with Crippen molar-refractivity contribution in [3.8, 4) is 11.5 Å². The molecule has 110 valence electrons. The van der Waals surface area contributed by atoms with Gasteiger partial charge < -0.3 is 14.8 Å². The van der Waals surface area contributed by atoms with Gasteiger partial charge >= 0.3 is 0 Å². The van der Waals surface area contributed by atoms with E-state index >= 15 is 0 Å². The van der Waals surface area contributed by atoms with Crippen LogP contribution in [0.25, 0.3) is 0 Å². The molecule has 1 aromatic heterocycles. The fourth-order valence-electron chi connectivity index (χ4n) is 2.40. The second-order valence-corrected chi connectivity index (χ2v) is 5.28. The molecule has 0 amide bonds. The van der Waals surface area contributed by atoms with Crippen LogP contribution in [0, 0.1) is 6.92 Å². The van der Waals surface area contributed by atoms with Gasteiger partial charge in [0.1, 0.15) is 13.2 Å². The van der Waals surface area contributed by atoms with Crippen molar-refractivity contribution in [1.29, 1.82) is 0 Å². The second-order valence-electron chi connectivity index (χ2n) is 5.28. The zero-order chi connectivity index (χ0) is 14.7. The van der Waals surface area contributed by atoms with Gasteiger partial charge in [0.2, 0.25) is 0 Å². The summed E-state index contributed by atoms with van der Waals surface area (Å²) in [7, 11) is 0. The lowest BCUT2D eigenvalue weighted by Gasteiger charge is -2.21. The van der Waals surface area contributed by atoms with Crippen molar-refractivity contribution in [2.24, 2.45) is 0 Å². The van der Waals surface area contributed by atoms with Crippen molar-refractivity contribution in [2.45, 2.75) is 26.4 Å². The quantitative estimate of drug-likeness (QED) is 0.937. The molecule has 0 bridgehead atoms. The van der Waals surface area contributed by atoms with Gasteiger partial charge in [-0.3, -0.25) is 4.98 Å². The molecule has 0 fully saturated rings. The zero-order valence-corrected chi connectivity index (χ0v) is 12.4. The maximum atomic E-state index is 5.63. The Morgan fingerprint density at radius 3 is 2.76 bits per heavy atom. The minimum Gasteiger partial charge on any atom is -0.486 e. The van der Waals surface area contributed by atoms with E-state index in [-0.39, 0.29) is 6.04 Å². The summed E-state index contributed by atoms with van der Waals surface area (Å²) in [4.78, 5) is 4.50. The van der Waals surface area contributed by atoms with Crippen LogP contribution >= 0.6 is 0 Å². The number of aromatic nitrogens is 1. The number of fused-ring (bicyclic) bond motifs is 1. The molecule has 1 aromatic carbocycles. The minimum atomic E-state index is 0.225. The molecule has 0 radical (unpaired) electrons. The Balaban J connectivity index is 1.66. The lowest BCUT2D eigenvalue weighted by atomic mass is 10.1. The molecule has 1 aliphatic heterocycles. The van der Waals surface area contributed by atoms with Gasteiger partial charge in [0.25, 0.3) is 0 Å². The Kier molecular flexibility index (Phi) is 4.06. The van der Waals surface area contributed by atoms with E-state index in [1.807, 2.05) is 31.2 Å². The molecule has 2 aromatic rings. The van der Waals surface area contributed by atoms with Gasteiger partial charge in [-0.1, -0.05) is 12.1 Å². The van der Waals surface area contributed by atoms with Crippen molar-refractivity contribution in [1.82, 2.24) is 10.3 Å². The van der Waals surface area contributed by atoms with Crippen molar-refractivity contribution in [2.75, 3.05) is 13.2 Å². The molecule has 1 aliphatic rings. The highest BCUT2D eigenvalue weighted by Crippen LogP contribution is 2.32. The number of hydrogen-bond acceptors (Lipinski definition) is 4. The van der Waals surface area contributed by atoms with Crippen molar-refractivity contribution >= 4 is 0 Å². The summed E-state index contributed by atoms with van der Waals surface area (Å²) >= 11 is 0. The van der Waals surface area contributed by atoms with Crippen molar-refractivity contribution < 1.29 is 9.47 Å². The number of rotatable bonds is 4. The van der Waals surface area contributed by atoms with Gasteiger partial charge in [-0.05, 0) is 43.7 Å². The monoisotopic (exact) mass is 284 g/mol. The van der Waals surface area contributed by atoms with Crippen LogP contribution in [0.5, 0.6) is 11.5 Å². The van der Waals surface area contributed by atoms with Crippen LogP contribution in [0.2, 0.25) is 0 Å². The largest absolute Gasteiger partial charge is 0.486 e. The Bertz CT molecular complexity index is 628. The third-order valence-corrected chi connectivity index (χ3v) is 3.60. The summed E-state index contributed by atoms with van der Waals surface area (Å²) in [6.07, 6.45) is 0. The summed E-state index contributed by atoms with van der Waals surface area (Å²) in [5, 5.41) is 3.49. The molecule has 3 rings (SSSR count). The first-order valence-corrected chi connectivity index (χ1v) is 7.28. The number of benzene rings is 1. The maximum absolute atomic E-state index is 5.63. The van der Waals surface area contributed by atoms with Gasteiger partial charge in [-0.2, -0.15) is 0 Å². The maximum Gasteiger partial charge on any atom is 0.161 e. The normalized spacial score (nSPS) is 14.8. The molecular weight excluding hydrogens is 264 g/mol. The Labute approximate surface area is 125 Å². The summed E-state index contributed by atoms with van der Waals surface area (Å²) < 4.78 is 11.2. The first-order chi connectivity index (χ1) is 10.2. The van der Waals surface area contributed by atoms with Gasteiger partial charge in [0.15, 0.2) is 11.5 Å². The average Bonchev–Trinajstić information content (AvgIpc) is 2.52. The fraction of sp³-hybridized carbons (Fsp3) is 0.353. The number of hydrogen-bond donors (Lipinski definition) is 1. The number of nitrogens with one attached hydrogen (secondary N) is 1. The van der Waals surface area contributed by atoms with Crippen LogP contribution in [-0.2, 0) is 6.54 Å². The Morgan fingerprint density at radius 1 is 1.14 bits per heavy atom. The summed E-state index contributed by atoms with van der Waals surface area (Å²) in [6.45, 7) is 6.14. The number of ether oxygens (including phenoxy) is 2.